The van der Waals surface area contributed by atoms with Crippen molar-refractivity contribution in [2.24, 2.45) is 0 Å². The van der Waals surface area contributed by atoms with Gasteiger partial charge in [-0.1, -0.05) is 23.8 Å². The fraction of sp³-hybridized carbons (Fsp3) is 0.381. The Kier molecular flexibility index (Phi) is 7.33. The highest BCUT2D eigenvalue weighted by Gasteiger charge is 2.08. The maximum absolute atomic E-state index is 12.1. The van der Waals surface area contributed by atoms with E-state index < -0.39 is 0 Å². The number of ether oxygens (including phenoxy) is 3. The van der Waals surface area contributed by atoms with Crippen molar-refractivity contribution in [1.82, 2.24) is 5.32 Å². The molecule has 2 aromatic carbocycles. The Labute approximate surface area is 155 Å². The minimum Gasteiger partial charge on any atom is -0.490 e. The number of carbonyl (C=O) groups is 1. The Morgan fingerprint density at radius 2 is 1.58 bits per heavy atom. The second-order valence-corrected chi connectivity index (χ2v) is 5.98. The number of nitrogens with one attached hydrogen (secondary N) is 1. The van der Waals surface area contributed by atoms with Gasteiger partial charge in [-0.2, -0.15) is 0 Å². The molecule has 0 aromatic heterocycles. The SMILES string of the molecule is CCOc1ccc(CNC(=O)COc2ccc(C)cc2C)cc1OCC. The van der Waals surface area contributed by atoms with Gasteiger partial charge in [-0.25, -0.2) is 0 Å². The number of benzene rings is 2. The molecule has 0 heterocycles. The second-order valence-electron chi connectivity index (χ2n) is 5.98. The van der Waals surface area contributed by atoms with E-state index in [4.69, 9.17) is 14.2 Å². The fourth-order valence-corrected chi connectivity index (χ4v) is 2.56. The number of hydrogen-bond acceptors (Lipinski definition) is 4. The largest absolute Gasteiger partial charge is 0.490 e. The van der Waals surface area contributed by atoms with E-state index in [1.165, 1.54) is 5.56 Å². The van der Waals surface area contributed by atoms with E-state index in [0.717, 1.165) is 16.9 Å². The molecule has 26 heavy (non-hydrogen) atoms. The maximum Gasteiger partial charge on any atom is 0.258 e. The summed E-state index contributed by atoms with van der Waals surface area (Å²) in [4.78, 5) is 12.1. The molecule has 0 saturated carbocycles. The van der Waals surface area contributed by atoms with Crippen molar-refractivity contribution in [3.05, 3.63) is 53.1 Å². The lowest BCUT2D eigenvalue weighted by Gasteiger charge is -2.13. The van der Waals surface area contributed by atoms with Gasteiger partial charge in [0, 0.05) is 6.54 Å². The zero-order valence-electron chi connectivity index (χ0n) is 15.9. The van der Waals surface area contributed by atoms with Crippen molar-refractivity contribution >= 4 is 5.91 Å². The van der Waals surface area contributed by atoms with Gasteiger partial charge in [-0.3, -0.25) is 4.79 Å². The highest BCUT2D eigenvalue weighted by molar-refractivity contribution is 5.77. The van der Waals surface area contributed by atoms with Gasteiger partial charge in [0.1, 0.15) is 5.75 Å². The lowest BCUT2D eigenvalue weighted by molar-refractivity contribution is -0.123. The highest BCUT2D eigenvalue weighted by Crippen LogP contribution is 2.28. The molecule has 0 aliphatic rings. The van der Waals surface area contributed by atoms with Crippen molar-refractivity contribution in [1.29, 1.82) is 0 Å². The predicted octanol–water partition coefficient (Wildman–Crippen LogP) is 3.80. The van der Waals surface area contributed by atoms with Gasteiger partial charge in [0.25, 0.3) is 5.91 Å². The van der Waals surface area contributed by atoms with Crippen molar-refractivity contribution < 1.29 is 19.0 Å². The van der Waals surface area contributed by atoms with Gasteiger partial charge in [-0.15, -0.1) is 0 Å². The zero-order valence-corrected chi connectivity index (χ0v) is 15.9. The second kappa shape index (κ2) is 9.70. The van der Waals surface area contributed by atoms with Gasteiger partial charge in [0.05, 0.1) is 13.2 Å². The molecular formula is C21H27NO4. The van der Waals surface area contributed by atoms with Gasteiger partial charge in [-0.05, 0) is 57.0 Å². The summed E-state index contributed by atoms with van der Waals surface area (Å²) in [6.45, 7) is 9.37. The molecule has 5 nitrogen and oxygen atoms in total. The average molecular weight is 357 g/mol. The summed E-state index contributed by atoms with van der Waals surface area (Å²) in [7, 11) is 0. The van der Waals surface area contributed by atoms with Crippen LogP contribution in [0.4, 0.5) is 0 Å². The van der Waals surface area contributed by atoms with Crippen LogP contribution in [0.3, 0.4) is 0 Å². The Morgan fingerprint density at radius 3 is 2.27 bits per heavy atom. The zero-order chi connectivity index (χ0) is 18.9. The minimum absolute atomic E-state index is 0.0146. The Hall–Kier alpha value is -2.69. The molecule has 0 unspecified atom stereocenters. The molecule has 0 aliphatic heterocycles. The van der Waals surface area contributed by atoms with Crippen LogP contribution in [0, 0.1) is 13.8 Å². The first-order chi connectivity index (χ1) is 12.5. The lowest BCUT2D eigenvalue weighted by atomic mass is 10.1. The molecular weight excluding hydrogens is 330 g/mol. The lowest BCUT2D eigenvalue weighted by Crippen LogP contribution is -2.28. The van der Waals surface area contributed by atoms with Crippen molar-refractivity contribution in [3.63, 3.8) is 0 Å². The van der Waals surface area contributed by atoms with Gasteiger partial charge in [0.2, 0.25) is 0 Å². The molecule has 2 rings (SSSR count). The summed E-state index contributed by atoms with van der Waals surface area (Å²) >= 11 is 0. The first kappa shape index (κ1) is 19.6. The van der Waals surface area contributed by atoms with Crippen molar-refractivity contribution in [2.75, 3.05) is 19.8 Å². The van der Waals surface area contributed by atoms with Crippen molar-refractivity contribution in [3.8, 4) is 17.2 Å². The molecule has 0 fully saturated rings. The molecule has 0 aliphatic carbocycles. The van der Waals surface area contributed by atoms with E-state index in [2.05, 4.69) is 5.32 Å². The average Bonchev–Trinajstić information content (AvgIpc) is 2.61. The van der Waals surface area contributed by atoms with E-state index in [9.17, 15) is 4.79 Å². The maximum atomic E-state index is 12.1. The molecule has 0 saturated heterocycles. The van der Waals surface area contributed by atoms with E-state index in [1.807, 2.05) is 64.1 Å². The number of carbonyl (C=O) groups excluding carboxylic acids is 1. The third-order valence-electron chi connectivity index (χ3n) is 3.79. The van der Waals surface area contributed by atoms with Gasteiger partial charge in [0.15, 0.2) is 18.1 Å². The number of hydrogen-bond donors (Lipinski definition) is 1. The summed E-state index contributed by atoms with van der Waals surface area (Å²) in [6, 6.07) is 11.6. The summed E-state index contributed by atoms with van der Waals surface area (Å²) in [5, 5.41) is 2.86. The molecule has 0 radical (unpaired) electrons. The Morgan fingerprint density at radius 1 is 0.885 bits per heavy atom. The number of rotatable bonds is 9. The summed E-state index contributed by atoms with van der Waals surface area (Å²) < 4.78 is 16.7. The standard InChI is InChI=1S/C21H27NO4/c1-5-24-19-10-8-17(12-20(19)25-6-2)13-22-21(23)14-26-18-9-7-15(3)11-16(18)4/h7-12H,5-6,13-14H2,1-4H3,(H,22,23). The van der Waals surface area contributed by atoms with E-state index in [1.54, 1.807) is 0 Å². The van der Waals surface area contributed by atoms with Crippen LogP contribution in [0.15, 0.2) is 36.4 Å². The van der Waals surface area contributed by atoms with Gasteiger partial charge < -0.3 is 19.5 Å². The summed E-state index contributed by atoms with van der Waals surface area (Å²) in [5.41, 5.74) is 3.13. The Bertz CT molecular complexity index is 743. The third-order valence-corrected chi connectivity index (χ3v) is 3.79. The number of aryl methyl sites for hydroxylation is 2. The molecule has 0 atom stereocenters. The summed E-state index contributed by atoms with van der Waals surface area (Å²) in [6.07, 6.45) is 0. The van der Waals surface area contributed by atoms with Crippen LogP contribution in [0.25, 0.3) is 0 Å². The van der Waals surface area contributed by atoms with Crippen LogP contribution in [-0.2, 0) is 11.3 Å². The van der Waals surface area contributed by atoms with Crippen LogP contribution in [0.5, 0.6) is 17.2 Å². The van der Waals surface area contributed by atoms with Crippen LogP contribution >= 0.6 is 0 Å². The monoisotopic (exact) mass is 357 g/mol. The fourth-order valence-electron chi connectivity index (χ4n) is 2.56. The van der Waals surface area contributed by atoms with Crippen LogP contribution < -0.4 is 19.5 Å². The molecule has 0 spiro atoms. The topological polar surface area (TPSA) is 56.8 Å². The van der Waals surface area contributed by atoms with E-state index in [-0.39, 0.29) is 12.5 Å². The molecule has 1 N–H and O–H groups in total. The number of amides is 1. The first-order valence-corrected chi connectivity index (χ1v) is 8.88. The molecule has 140 valence electrons. The molecule has 1 amide bonds. The molecule has 5 heteroatoms. The van der Waals surface area contributed by atoms with Crippen molar-refractivity contribution in [2.45, 2.75) is 34.2 Å². The smallest absolute Gasteiger partial charge is 0.258 e. The van der Waals surface area contributed by atoms with Crippen LogP contribution in [0.1, 0.15) is 30.5 Å². The quantitative estimate of drug-likeness (QED) is 0.742. The minimum atomic E-state index is -0.170. The van der Waals surface area contributed by atoms with Crippen LogP contribution in [0.2, 0.25) is 0 Å². The third kappa shape index (κ3) is 5.69. The normalized spacial score (nSPS) is 10.3. The van der Waals surface area contributed by atoms with Gasteiger partial charge >= 0.3 is 0 Å². The van der Waals surface area contributed by atoms with E-state index >= 15 is 0 Å². The Balaban J connectivity index is 1.89. The molecule has 2 aromatic rings. The first-order valence-electron chi connectivity index (χ1n) is 8.88. The summed E-state index contributed by atoms with van der Waals surface area (Å²) in [5.74, 6) is 1.96. The predicted molar refractivity (Wildman–Crippen MR) is 102 cm³/mol. The van der Waals surface area contributed by atoms with E-state index in [0.29, 0.717) is 31.3 Å². The molecule has 0 bridgehead atoms. The van der Waals surface area contributed by atoms with Crippen LogP contribution in [-0.4, -0.2) is 25.7 Å². The highest BCUT2D eigenvalue weighted by atomic mass is 16.5.